The molecule has 3 nitrogen and oxygen atoms in total. The fourth-order valence-electron chi connectivity index (χ4n) is 0.920. The molecule has 70 valence electrons. The third-order valence-electron chi connectivity index (χ3n) is 1.84. The molecule has 0 aliphatic carbocycles. The molecule has 1 N–H and O–H groups in total. The topological polar surface area (TPSA) is 29.9 Å². The van der Waals surface area contributed by atoms with Gasteiger partial charge in [0.1, 0.15) is 0 Å². The van der Waals surface area contributed by atoms with Crippen LogP contribution in [0.1, 0.15) is 19.5 Å². The largest absolute Gasteiger partial charge is 0.296 e. The molecule has 0 aromatic carbocycles. The van der Waals surface area contributed by atoms with Gasteiger partial charge in [0.25, 0.3) is 0 Å². The number of hydrogen-bond acceptors (Lipinski definition) is 2. The molecule has 1 heterocycles. The highest BCUT2D eigenvalue weighted by atomic mass is 15.3. The van der Waals surface area contributed by atoms with Crippen LogP contribution in [0.5, 0.6) is 0 Å². The lowest BCUT2D eigenvalue weighted by atomic mass is 10.1. The van der Waals surface area contributed by atoms with Crippen molar-refractivity contribution in [2.45, 2.75) is 25.9 Å². The number of nitrogens with zero attached hydrogens (tertiary/aromatic N) is 2. The maximum Gasteiger partial charge on any atom is 0.0762 e. The van der Waals surface area contributed by atoms with Crippen molar-refractivity contribution in [3.05, 3.63) is 18.0 Å². The first-order valence-corrected chi connectivity index (χ1v) is 4.25. The van der Waals surface area contributed by atoms with Crippen molar-refractivity contribution >= 4 is 0 Å². The summed E-state index contributed by atoms with van der Waals surface area (Å²) in [6.45, 7) is 4.64. The zero-order valence-electron chi connectivity index (χ0n) is 8.33. The Morgan fingerprint density at radius 1 is 1.69 bits per heavy atom. The van der Waals surface area contributed by atoms with Crippen molar-refractivity contribution in [1.82, 2.24) is 15.1 Å². The smallest absolute Gasteiger partial charge is 0.0762 e. The molecular formula is C10H15N3. The van der Waals surface area contributed by atoms with E-state index in [1.165, 1.54) is 0 Å². The average Bonchev–Trinajstić information content (AvgIpc) is 2.48. The van der Waals surface area contributed by atoms with Crippen molar-refractivity contribution in [3.63, 3.8) is 0 Å². The summed E-state index contributed by atoms with van der Waals surface area (Å²) in [5.74, 6) is 2.67. The van der Waals surface area contributed by atoms with E-state index < -0.39 is 0 Å². The summed E-state index contributed by atoms with van der Waals surface area (Å²) in [7, 11) is 1.90. The van der Waals surface area contributed by atoms with Gasteiger partial charge in [-0.2, -0.15) is 5.10 Å². The number of rotatable bonds is 3. The number of nitrogens with one attached hydrogen (secondary N) is 1. The van der Waals surface area contributed by atoms with E-state index >= 15 is 0 Å². The van der Waals surface area contributed by atoms with Gasteiger partial charge in [-0.1, -0.05) is 5.92 Å². The minimum atomic E-state index is -0.266. The van der Waals surface area contributed by atoms with Gasteiger partial charge < -0.3 is 0 Å². The van der Waals surface area contributed by atoms with E-state index in [-0.39, 0.29) is 5.54 Å². The van der Waals surface area contributed by atoms with Crippen LogP contribution in [-0.4, -0.2) is 15.3 Å². The van der Waals surface area contributed by atoms with Crippen LogP contribution >= 0.6 is 0 Å². The Labute approximate surface area is 79.1 Å². The van der Waals surface area contributed by atoms with Crippen LogP contribution in [0.15, 0.2) is 12.3 Å². The lowest BCUT2D eigenvalue weighted by Crippen LogP contribution is -2.37. The highest BCUT2D eigenvalue weighted by Crippen LogP contribution is 2.01. The fourth-order valence-corrected chi connectivity index (χ4v) is 0.920. The molecular weight excluding hydrogens is 162 g/mol. The summed E-state index contributed by atoms with van der Waals surface area (Å²) in [5.41, 5.74) is 0.739. The molecule has 0 atom stereocenters. The van der Waals surface area contributed by atoms with Crippen molar-refractivity contribution in [2.24, 2.45) is 7.05 Å². The molecule has 1 rings (SSSR count). The lowest BCUT2D eigenvalue weighted by Gasteiger charge is -2.18. The molecule has 0 amide bonds. The monoisotopic (exact) mass is 177 g/mol. The van der Waals surface area contributed by atoms with Crippen LogP contribution in [0.2, 0.25) is 0 Å². The molecule has 0 fully saturated rings. The second kappa shape index (κ2) is 3.63. The first-order valence-electron chi connectivity index (χ1n) is 4.25. The number of aryl methyl sites for hydroxylation is 1. The predicted octanol–water partition coefficient (Wildman–Crippen LogP) is 0.921. The molecule has 0 radical (unpaired) electrons. The molecule has 1 aromatic heterocycles. The van der Waals surface area contributed by atoms with Crippen LogP contribution < -0.4 is 5.32 Å². The molecule has 0 saturated heterocycles. The minimum Gasteiger partial charge on any atom is -0.296 e. The Hall–Kier alpha value is -1.27. The second-order valence-corrected chi connectivity index (χ2v) is 3.60. The lowest BCUT2D eigenvalue weighted by molar-refractivity contribution is 0.484. The molecule has 0 spiro atoms. The van der Waals surface area contributed by atoms with Crippen LogP contribution in [-0.2, 0) is 13.6 Å². The van der Waals surface area contributed by atoms with Gasteiger partial charge in [-0.05, 0) is 19.9 Å². The Kier molecular flexibility index (Phi) is 2.74. The van der Waals surface area contributed by atoms with Gasteiger partial charge >= 0.3 is 0 Å². The van der Waals surface area contributed by atoms with Crippen LogP contribution in [0.25, 0.3) is 0 Å². The van der Waals surface area contributed by atoms with Crippen molar-refractivity contribution in [3.8, 4) is 12.3 Å². The van der Waals surface area contributed by atoms with E-state index in [1.54, 1.807) is 4.68 Å². The van der Waals surface area contributed by atoms with Gasteiger partial charge in [0.15, 0.2) is 0 Å². The zero-order valence-corrected chi connectivity index (χ0v) is 8.33. The van der Waals surface area contributed by atoms with Crippen molar-refractivity contribution in [2.75, 3.05) is 0 Å². The fraction of sp³-hybridized carbons (Fsp3) is 0.500. The molecule has 3 heteroatoms. The van der Waals surface area contributed by atoms with Crippen molar-refractivity contribution in [1.29, 1.82) is 0 Å². The first kappa shape index (κ1) is 9.82. The summed E-state index contributed by atoms with van der Waals surface area (Å²) in [6, 6.07) is 1.97. The van der Waals surface area contributed by atoms with Crippen LogP contribution in [0.4, 0.5) is 0 Å². The maximum atomic E-state index is 5.34. The zero-order chi connectivity index (χ0) is 9.90. The summed E-state index contributed by atoms with van der Waals surface area (Å²) in [5, 5.41) is 7.46. The Balaban J connectivity index is 2.49. The number of aromatic nitrogens is 2. The third kappa shape index (κ3) is 2.92. The normalized spacial score (nSPS) is 11.2. The molecule has 0 aliphatic heterocycles. The highest BCUT2D eigenvalue weighted by Gasteiger charge is 2.12. The van der Waals surface area contributed by atoms with E-state index in [0.717, 1.165) is 5.69 Å². The van der Waals surface area contributed by atoms with E-state index in [9.17, 15) is 0 Å². The quantitative estimate of drug-likeness (QED) is 0.696. The molecule has 0 bridgehead atoms. The van der Waals surface area contributed by atoms with Gasteiger partial charge in [0.05, 0.1) is 11.2 Å². The first-order chi connectivity index (χ1) is 6.03. The van der Waals surface area contributed by atoms with Crippen LogP contribution in [0.3, 0.4) is 0 Å². The summed E-state index contributed by atoms with van der Waals surface area (Å²) >= 11 is 0. The Morgan fingerprint density at radius 3 is 2.85 bits per heavy atom. The van der Waals surface area contributed by atoms with Crippen LogP contribution in [0, 0.1) is 12.3 Å². The highest BCUT2D eigenvalue weighted by molar-refractivity contribution is 5.09. The van der Waals surface area contributed by atoms with Crippen molar-refractivity contribution < 1.29 is 0 Å². The van der Waals surface area contributed by atoms with Gasteiger partial charge in [0, 0.05) is 19.8 Å². The predicted molar refractivity (Wildman–Crippen MR) is 53.0 cm³/mol. The van der Waals surface area contributed by atoms with E-state index in [1.807, 2.05) is 33.2 Å². The van der Waals surface area contributed by atoms with E-state index in [4.69, 9.17) is 6.42 Å². The maximum absolute atomic E-state index is 5.34. The standard InChI is InChI=1S/C10H15N3/c1-5-10(2,3)11-8-9-6-7-13(4)12-9/h1,6-7,11H,8H2,2-4H3. The molecule has 13 heavy (non-hydrogen) atoms. The van der Waals surface area contributed by atoms with Gasteiger partial charge in [-0.3, -0.25) is 10.00 Å². The molecule has 0 saturated carbocycles. The molecule has 0 unspecified atom stereocenters. The number of terminal acetylenes is 1. The Morgan fingerprint density at radius 2 is 2.38 bits per heavy atom. The Bertz CT molecular complexity index is 317. The SMILES string of the molecule is C#CC(C)(C)NCc1ccn(C)n1. The second-order valence-electron chi connectivity index (χ2n) is 3.60. The minimum absolute atomic E-state index is 0.266. The van der Waals surface area contributed by atoms with Gasteiger partial charge in [-0.15, -0.1) is 6.42 Å². The van der Waals surface area contributed by atoms with E-state index in [2.05, 4.69) is 16.3 Å². The van der Waals surface area contributed by atoms with Gasteiger partial charge in [0.2, 0.25) is 0 Å². The molecule has 1 aromatic rings. The average molecular weight is 177 g/mol. The van der Waals surface area contributed by atoms with Gasteiger partial charge in [-0.25, -0.2) is 0 Å². The summed E-state index contributed by atoms with van der Waals surface area (Å²) in [6.07, 6.45) is 7.25. The third-order valence-corrected chi connectivity index (χ3v) is 1.84. The number of hydrogen-bond donors (Lipinski definition) is 1. The molecule has 0 aliphatic rings. The van der Waals surface area contributed by atoms with E-state index in [0.29, 0.717) is 6.54 Å². The summed E-state index contributed by atoms with van der Waals surface area (Å²) < 4.78 is 1.78. The summed E-state index contributed by atoms with van der Waals surface area (Å²) in [4.78, 5) is 0.